The fourth-order valence-corrected chi connectivity index (χ4v) is 4.73. The zero-order chi connectivity index (χ0) is 17.0. The normalized spacial score (nSPS) is 23.2. The maximum atomic E-state index is 12.6. The number of sulfonamides is 1. The lowest BCUT2D eigenvalue weighted by Gasteiger charge is -2.49. The maximum Gasteiger partial charge on any atom is 0.240 e. The second kappa shape index (κ2) is 7.49. The summed E-state index contributed by atoms with van der Waals surface area (Å²) in [4.78, 5) is 5.07. The SMILES string of the molecule is CN1CCC(CNS(=O)(=O)c2ccccc2)(N2CCOCC2)CC1. The van der Waals surface area contributed by atoms with Gasteiger partial charge in [0.05, 0.1) is 18.1 Å². The maximum absolute atomic E-state index is 12.6. The van der Waals surface area contributed by atoms with Crippen molar-refractivity contribution in [3.63, 3.8) is 0 Å². The van der Waals surface area contributed by atoms with Crippen molar-refractivity contribution in [2.45, 2.75) is 23.3 Å². The highest BCUT2D eigenvalue weighted by molar-refractivity contribution is 7.89. The van der Waals surface area contributed by atoms with E-state index in [0.717, 1.165) is 52.2 Å². The second-order valence-corrected chi connectivity index (χ2v) is 8.53. The van der Waals surface area contributed by atoms with E-state index in [2.05, 4.69) is 21.6 Å². The summed E-state index contributed by atoms with van der Waals surface area (Å²) in [5.41, 5.74) is -0.113. The van der Waals surface area contributed by atoms with Crippen molar-refractivity contribution in [1.29, 1.82) is 0 Å². The molecule has 2 aliphatic heterocycles. The van der Waals surface area contributed by atoms with E-state index in [0.29, 0.717) is 11.4 Å². The Bertz CT molecular complexity index is 622. The highest BCUT2D eigenvalue weighted by Gasteiger charge is 2.40. The third-order valence-corrected chi connectivity index (χ3v) is 6.66. The lowest BCUT2D eigenvalue weighted by atomic mass is 9.85. The van der Waals surface area contributed by atoms with Gasteiger partial charge >= 0.3 is 0 Å². The molecule has 0 aromatic heterocycles. The average molecular weight is 353 g/mol. The van der Waals surface area contributed by atoms with Gasteiger partial charge in [-0.1, -0.05) is 18.2 Å². The van der Waals surface area contributed by atoms with Crippen molar-refractivity contribution in [1.82, 2.24) is 14.5 Å². The molecule has 134 valence electrons. The van der Waals surface area contributed by atoms with Crippen LogP contribution in [0.4, 0.5) is 0 Å². The monoisotopic (exact) mass is 353 g/mol. The van der Waals surface area contributed by atoms with Gasteiger partial charge in [0.2, 0.25) is 10.0 Å². The zero-order valence-corrected chi connectivity index (χ0v) is 15.1. The second-order valence-electron chi connectivity index (χ2n) is 6.76. The summed E-state index contributed by atoms with van der Waals surface area (Å²) in [6, 6.07) is 8.60. The van der Waals surface area contributed by atoms with Crippen molar-refractivity contribution in [3.8, 4) is 0 Å². The van der Waals surface area contributed by atoms with Crippen LogP contribution in [0.3, 0.4) is 0 Å². The molecule has 1 aromatic rings. The molecular weight excluding hydrogens is 326 g/mol. The first-order valence-corrected chi connectivity index (χ1v) is 10.1. The predicted molar refractivity (Wildman–Crippen MR) is 93.5 cm³/mol. The first-order valence-electron chi connectivity index (χ1n) is 8.58. The fraction of sp³-hybridized carbons (Fsp3) is 0.647. The lowest BCUT2D eigenvalue weighted by Crippen LogP contribution is -2.62. The van der Waals surface area contributed by atoms with E-state index < -0.39 is 10.0 Å². The Hall–Kier alpha value is -0.990. The number of hydrogen-bond acceptors (Lipinski definition) is 5. The summed E-state index contributed by atoms with van der Waals surface area (Å²) in [5.74, 6) is 0. The number of ether oxygens (including phenoxy) is 1. The van der Waals surface area contributed by atoms with E-state index >= 15 is 0 Å². The van der Waals surface area contributed by atoms with Gasteiger partial charge in [0.25, 0.3) is 0 Å². The molecule has 0 atom stereocenters. The van der Waals surface area contributed by atoms with Crippen molar-refractivity contribution >= 4 is 10.0 Å². The Morgan fingerprint density at radius 3 is 2.33 bits per heavy atom. The minimum absolute atomic E-state index is 0.113. The Morgan fingerprint density at radius 2 is 1.71 bits per heavy atom. The number of benzene rings is 1. The van der Waals surface area contributed by atoms with Gasteiger partial charge in [-0.15, -0.1) is 0 Å². The summed E-state index contributed by atoms with van der Waals surface area (Å²) in [5, 5.41) is 0. The molecule has 0 bridgehead atoms. The quantitative estimate of drug-likeness (QED) is 0.847. The first-order chi connectivity index (χ1) is 11.5. The number of rotatable bonds is 5. The summed E-state index contributed by atoms with van der Waals surface area (Å²) >= 11 is 0. The van der Waals surface area contributed by atoms with Crippen LogP contribution < -0.4 is 4.72 Å². The number of morpholine rings is 1. The molecule has 2 fully saturated rings. The Kier molecular flexibility index (Phi) is 5.56. The standard InChI is InChI=1S/C17H27N3O3S/c1-19-9-7-17(8-10-19,20-11-13-23-14-12-20)15-18-24(21,22)16-5-3-2-4-6-16/h2-6,18H,7-15H2,1H3. The van der Waals surface area contributed by atoms with Crippen LogP contribution in [0.2, 0.25) is 0 Å². The topological polar surface area (TPSA) is 61.9 Å². The van der Waals surface area contributed by atoms with Crippen molar-refractivity contribution in [2.24, 2.45) is 0 Å². The molecule has 0 aliphatic carbocycles. The molecule has 7 heteroatoms. The van der Waals surface area contributed by atoms with Crippen LogP contribution in [0.5, 0.6) is 0 Å². The predicted octanol–water partition coefficient (Wildman–Crippen LogP) is 0.762. The van der Waals surface area contributed by atoms with Crippen molar-refractivity contribution in [2.75, 3.05) is 53.0 Å². The van der Waals surface area contributed by atoms with Gasteiger partial charge < -0.3 is 9.64 Å². The van der Waals surface area contributed by atoms with Gasteiger partial charge in [0, 0.05) is 25.2 Å². The van der Waals surface area contributed by atoms with Crippen molar-refractivity contribution < 1.29 is 13.2 Å². The van der Waals surface area contributed by atoms with Crippen LogP contribution in [0.15, 0.2) is 35.2 Å². The summed E-state index contributed by atoms with van der Waals surface area (Å²) in [6.07, 6.45) is 1.95. The van der Waals surface area contributed by atoms with E-state index in [1.54, 1.807) is 24.3 Å². The van der Waals surface area contributed by atoms with Crippen molar-refractivity contribution in [3.05, 3.63) is 30.3 Å². The van der Waals surface area contributed by atoms with Gasteiger partial charge in [-0.05, 0) is 45.1 Å². The van der Waals surface area contributed by atoms with Gasteiger partial charge in [-0.3, -0.25) is 4.90 Å². The van der Waals surface area contributed by atoms with E-state index in [9.17, 15) is 8.42 Å². The molecule has 1 N–H and O–H groups in total. The van der Waals surface area contributed by atoms with Crippen LogP contribution in [-0.4, -0.2) is 76.7 Å². The Morgan fingerprint density at radius 1 is 1.08 bits per heavy atom. The molecule has 3 rings (SSSR count). The van der Waals surface area contributed by atoms with Gasteiger partial charge in [-0.25, -0.2) is 13.1 Å². The average Bonchev–Trinajstić information content (AvgIpc) is 2.63. The molecule has 0 radical (unpaired) electrons. The van der Waals surface area contributed by atoms with E-state index in [1.807, 2.05) is 6.07 Å². The van der Waals surface area contributed by atoms with Crippen LogP contribution in [-0.2, 0) is 14.8 Å². The minimum Gasteiger partial charge on any atom is -0.379 e. The third-order valence-electron chi connectivity index (χ3n) is 5.24. The molecule has 24 heavy (non-hydrogen) atoms. The molecule has 2 aliphatic rings. The van der Waals surface area contributed by atoms with Crippen LogP contribution in [0, 0.1) is 0 Å². The molecule has 0 unspecified atom stereocenters. The number of hydrogen-bond donors (Lipinski definition) is 1. The molecule has 2 heterocycles. The molecule has 0 amide bonds. The number of piperidine rings is 1. The molecule has 2 saturated heterocycles. The molecule has 6 nitrogen and oxygen atoms in total. The molecule has 0 spiro atoms. The van der Waals surface area contributed by atoms with E-state index in [1.165, 1.54) is 0 Å². The molecule has 1 aromatic carbocycles. The van der Waals surface area contributed by atoms with Gasteiger partial charge in [-0.2, -0.15) is 0 Å². The van der Waals surface area contributed by atoms with Crippen LogP contribution >= 0.6 is 0 Å². The number of nitrogens with one attached hydrogen (secondary N) is 1. The highest BCUT2D eigenvalue weighted by Crippen LogP contribution is 2.29. The first kappa shape index (κ1) is 17.8. The lowest BCUT2D eigenvalue weighted by molar-refractivity contribution is -0.0427. The van der Waals surface area contributed by atoms with Crippen LogP contribution in [0.1, 0.15) is 12.8 Å². The molecular formula is C17H27N3O3S. The molecule has 0 saturated carbocycles. The highest BCUT2D eigenvalue weighted by atomic mass is 32.2. The zero-order valence-electron chi connectivity index (χ0n) is 14.3. The minimum atomic E-state index is -3.47. The summed E-state index contributed by atoms with van der Waals surface area (Å²) < 4.78 is 33.5. The largest absolute Gasteiger partial charge is 0.379 e. The summed E-state index contributed by atoms with van der Waals surface area (Å²) in [7, 11) is -1.35. The number of likely N-dealkylation sites (tertiary alicyclic amines) is 1. The van der Waals surface area contributed by atoms with Gasteiger partial charge in [0.15, 0.2) is 0 Å². The summed E-state index contributed by atoms with van der Waals surface area (Å²) in [6.45, 7) is 5.63. The number of nitrogens with zero attached hydrogens (tertiary/aromatic N) is 2. The van der Waals surface area contributed by atoms with Crippen LogP contribution in [0.25, 0.3) is 0 Å². The fourth-order valence-electron chi connectivity index (χ4n) is 3.59. The van der Waals surface area contributed by atoms with E-state index in [-0.39, 0.29) is 5.54 Å². The van der Waals surface area contributed by atoms with Gasteiger partial charge in [0.1, 0.15) is 0 Å². The smallest absolute Gasteiger partial charge is 0.240 e. The third kappa shape index (κ3) is 3.97. The Labute approximate surface area is 144 Å². The Balaban J connectivity index is 1.74. The van der Waals surface area contributed by atoms with E-state index in [4.69, 9.17) is 4.74 Å².